The SMILES string of the molecule is COC(=O)CCN1CCN(Cc2csc(-c3ccccc3)n2)CC1. The molecule has 0 amide bonds. The van der Waals surface area contributed by atoms with E-state index in [4.69, 9.17) is 9.72 Å². The maximum absolute atomic E-state index is 11.2. The third-order valence-electron chi connectivity index (χ3n) is 4.28. The van der Waals surface area contributed by atoms with E-state index in [0.29, 0.717) is 6.42 Å². The number of nitrogens with zero attached hydrogens (tertiary/aromatic N) is 3. The zero-order chi connectivity index (χ0) is 16.8. The lowest BCUT2D eigenvalue weighted by Gasteiger charge is -2.34. The third-order valence-corrected chi connectivity index (χ3v) is 5.22. The van der Waals surface area contributed by atoms with Crippen molar-refractivity contribution in [2.45, 2.75) is 13.0 Å². The average molecular weight is 345 g/mol. The molecule has 0 bridgehead atoms. The van der Waals surface area contributed by atoms with E-state index in [0.717, 1.165) is 50.0 Å². The lowest BCUT2D eigenvalue weighted by atomic mass is 10.2. The average Bonchev–Trinajstić information content (AvgIpc) is 3.10. The van der Waals surface area contributed by atoms with Gasteiger partial charge in [-0.2, -0.15) is 0 Å². The summed E-state index contributed by atoms with van der Waals surface area (Å²) < 4.78 is 4.70. The number of hydrogen-bond donors (Lipinski definition) is 0. The van der Waals surface area contributed by atoms with E-state index < -0.39 is 0 Å². The van der Waals surface area contributed by atoms with Gasteiger partial charge >= 0.3 is 5.97 Å². The molecule has 1 saturated heterocycles. The van der Waals surface area contributed by atoms with E-state index in [1.807, 2.05) is 18.2 Å². The molecule has 0 unspecified atom stereocenters. The van der Waals surface area contributed by atoms with Gasteiger partial charge in [0, 0.05) is 50.2 Å². The first-order chi connectivity index (χ1) is 11.7. The lowest BCUT2D eigenvalue weighted by molar-refractivity contribution is -0.141. The molecule has 0 atom stereocenters. The highest BCUT2D eigenvalue weighted by molar-refractivity contribution is 7.13. The molecule has 128 valence electrons. The first-order valence-corrected chi connectivity index (χ1v) is 9.14. The fourth-order valence-corrected chi connectivity index (χ4v) is 3.66. The molecule has 24 heavy (non-hydrogen) atoms. The van der Waals surface area contributed by atoms with Crippen molar-refractivity contribution in [3.8, 4) is 10.6 Å². The van der Waals surface area contributed by atoms with Crippen molar-refractivity contribution in [2.75, 3.05) is 39.8 Å². The minimum absolute atomic E-state index is 0.131. The summed E-state index contributed by atoms with van der Waals surface area (Å²) in [4.78, 5) is 20.7. The van der Waals surface area contributed by atoms with Crippen LogP contribution in [0.1, 0.15) is 12.1 Å². The Balaban J connectivity index is 1.47. The van der Waals surface area contributed by atoms with Gasteiger partial charge in [-0.15, -0.1) is 11.3 Å². The van der Waals surface area contributed by atoms with Crippen LogP contribution >= 0.6 is 11.3 Å². The van der Waals surface area contributed by atoms with Gasteiger partial charge in [0.2, 0.25) is 0 Å². The highest BCUT2D eigenvalue weighted by atomic mass is 32.1. The summed E-state index contributed by atoms with van der Waals surface area (Å²) >= 11 is 1.71. The number of thiazole rings is 1. The molecule has 2 heterocycles. The van der Waals surface area contributed by atoms with E-state index in [1.54, 1.807) is 11.3 Å². The first-order valence-electron chi connectivity index (χ1n) is 8.26. The lowest BCUT2D eigenvalue weighted by Crippen LogP contribution is -2.46. The predicted octanol–water partition coefficient (Wildman–Crippen LogP) is 2.49. The number of piperazine rings is 1. The minimum atomic E-state index is -0.131. The van der Waals surface area contributed by atoms with Crippen molar-refractivity contribution in [3.05, 3.63) is 41.4 Å². The van der Waals surface area contributed by atoms with Gasteiger partial charge in [0.1, 0.15) is 5.01 Å². The van der Waals surface area contributed by atoms with Crippen LogP contribution in [0.4, 0.5) is 0 Å². The molecule has 0 saturated carbocycles. The van der Waals surface area contributed by atoms with Gasteiger partial charge in [0.15, 0.2) is 0 Å². The van der Waals surface area contributed by atoms with E-state index in [-0.39, 0.29) is 5.97 Å². The van der Waals surface area contributed by atoms with Crippen LogP contribution in [0.5, 0.6) is 0 Å². The second-order valence-electron chi connectivity index (χ2n) is 5.95. The van der Waals surface area contributed by atoms with E-state index in [1.165, 1.54) is 12.7 Å². The van der Waals surface area contributed by atoms with Crippen LogP contribution in [0.25, 0.3) is 10.6 Å². The number of methoxy groups -OCH3 is 1. The second kappa shape index (κ2) is 8.37. The van der Waals surface area contributed by atoms with Gasteiger partial charge in [-0.1, -0.05) is 30.3 Å². The van der Waals surface area contributed by atoms with Crippen molar-refractivity contribution in [2.24, 2.45) is 0 Å². The van der Waals surface area contributed by atoms with E-state index >= 15 is 0 Å². The molecular formula is C18H23N3O2S. The van der Waals surface area contributed by atoms with Crippen LogP contribution in [0.2, 0.25) is 0 Å². The van der Waals surface area contributed by atoms with Crippen molar-refractivity contribution in [3.63, 3.8) is 0 Å². The fraction of sp³-hybridized carbons (Fsp3) is 0.444. The maximum Gasteiger partial charge on any atom is 0.306 e. The van der Waals surface area contributed by atoms with Gasteiger partial charge in [-0.25, -0.2) is 4.98 Å². The second-order valence-corrected chi connectivity index (χ2v) is 6.81. The van der Waals surface area contributed by atoms with Gasteiger partial charge in [-0.05, 0) is 0 Å². The molecule has 6 heteroatoms. The van der Waals surface area contributed by atoms with Crippen molar-refractivity contribution < 1.29 is 9.53 Å². The summed E-state index contributed by atoms with van der Waals surface area (Å²) in [6, 6.07) is 10.3. The normalized spacial score (nSPS) is 16.2. The number of carbonyl (C=O) groups is 1. The largest absolute Gasteiger partial charge is 0.469 e. The molecule has 3 rings (SSSR count). The highest BCUT2D eigenvalue weighted by Gasteiger charge is 2.18. The quantitative estimate of drug-likeness (QED) is 0.753. The molecule has 0 radical (unpaired) electrons. The smallest absolute Gasteiger partial charge is 0.306 e. The minimum Gasteiger partial charge on any atom is -0.469 e. The Bertz CT molecular complexity index is 651. The van der Waals surface area contributed by atoms with Crippen LogP contribution in [-0.4, -0.2) is 60.6 Å². The summed E-state index contributed by atoms with van der Waals surface area (Å²) in [5.74, 6) is -0.131. The molecular weight excluding hydrogens is 322 g/mol. The molecule has 1 aromatic heterocycles. The summed E-state index contributed by atoms with van der Waals surface area (Å²) in [6.45, 7) is 5.70. The molecule has 1 aromatic carbocycles. The summed E-state index contributed by atoms with van der Waals surface area (Å²) in [5.41, 5.74) is 2.32. The Morgan fingerprint density at radius 1 is 1.17 bits per heavy atom. The van der Waals surface area contributed by atoms with E-state index in [9.17, 15) is 4.79 Å². The number of benzene rings is 1. The maximum atomic E-state index is 11.2. The first kappa shape index (κ1) is 17.1. The topological polar surface area (TPSA) is 45.7 Å². The zero-order valence-corrected chi connectivity index (χ0v) is 14.8. The Morgan fingerprint density at radius 2 is 1.88 bits per heavy atom. The number of carbonyl (C=O) groups excluding carboxylic acids is 1. The van der Waals surface area contributed by atoms with E-state index in [2.05, 4.69) is 27.3 Å². The van der Waals surface area contributed by atoms with Crippen molar-refractivity contribution >= 4 is 17.3 Å². The highest BCUT2D eigenvalue weighted by Crippen LogP contribution is 2.24. The van der Waals surface area contributed by atoms with Crippen LogP contribution < -0.4 is 0 Å². The Morgan fingerprint density at radius 3 is 2.58 bits per heavy atom. The standard InChI is InChI=1S/C18H23N3O2S/c1-23-17(22)7-8-20-9-11-21(12-10-20)13-16-14-24-18(19-16)15-5-3-2-4-6-15/h2-6,14H,7-13H2,1H3. The molecule has 1 aliphatic heterocycles. The van der Waals surface area contributed by atoms with Gasteiger partial charge in [0.05, 0.1) is 19.2 Å². The summed E-state index contributed by atoms with van der Waals surface area (Å²) in [6.07, 6.45) is 0.475. The van der Waals surface area contributed by atoms with Gasteiger partial charge in [-0.3, -0.25) is 9.69 Å². The Hall–Kier alpha value is -1.76. The summed E-state index contributed by atoms with van der Waals surface area (Å²) in [5, 5.41) is 3.24. The number of rotatable bonds is 6. The van der Waals surface area contributed by atoms with Crippen LogP contribution in [0, 0.1) is 0 Å². The van der Waals surface area contributed by atoms with Crippen molar-refractivity contribution in [1.82, 2.24) is 14.8 Å². The Kier molecular flexibility index (Phi) is 5.96. The Labute approximate surface area is 146 Å². The van der Waals surface area contributed by atoms with Crippen LogP contribution in [-0.2, 0) is 16.1 Å². The zero-order valence-electron chi connectivity index (χ0n) is 14.0. The number of hydrogen-bond acceptors (Lipinski definition) is 6. The summed E-state index contributed by atoms with van der Waals surface area (Å²) in [7, 11) is 1.44. The molecule has 0 spiro atoms. The number of ether oxygens (including phenoxy) is 1. The van der Waals surface area contributed by atoms with Crippen LogP contribution in [0.3, 0.4) is 0 Å². The molecule has 0 N–H and O–H groups in total. The molecule has 1 aliphatic rings. The van der Waals surface area contributed by atoms with Crippen LogP contribution in [0.15, 0.2) is 35.7 Å². The predicted molar refractivity (Wildman–Crippen MR) is 95.9 cm³/mol. The molecule has 5 nitrogen and oxygen atoms in total. The van der Waals surface area contributed by atoms with Gasteiger partial charge in [0.25, 0.3) is 0 Å². The van der Waals surface area contributed by atoms with Gasteiger partial charge < -0.3 is 9.64 Å². The monoisotopic (exact) mass is 345 g/mol. The molecule has 2 aromatic rings. The third kappa shape index (κ3) is 4.63. The fourth-order valence-electron chi connectivity index (χ4n) is 2.84. The number of aromatic nitrogens is 1. The number of esters is 1. The molecule has 0 aliphatic carbocycles. The molecule has 1 fully saturated rings. The van der Waals surface area contributed by atoms with Crippen molar-refractivity contribution in [1.29, 1.82) is 0 Å².